The highest BCUT2D eigenvalue weighted by Gasteiger charge is 2.18. The van der Waals surface area contributed by atoms with Gasteiger partial charge < -0.3 is 10.1 Å². The van der Waals surface area contributed by atoms with Crippen LogP contribution >= 0.6 is 23.4 Å². The number of nitrogens with zero attached hydrogens (tertiary/aromatic N) is 1. The molecule has 1 N–H and O–H groups in total. The van der Waals surface area contributed by atoms with Gasteiger partial charge in [-0.1, -0.05) is 29.4 Å². The summed E-state index contributed by atoms with van der Waals surface area (Å²) >= 11 is 7.38. The molecule has 1 heterocycles. The van der Waals surface area contributed by atoms with Crippen LogP contribution < -0.4 is 10.1 Å². The lowest BCUT2D eigenvalue weighted by Gasteiger charge is -2.14. The van der Waals surface area contributed by atoms with Gasteiger partial charge in [0.2, 0.25) is 0 Å². The lowest BCUT2D eigenvalue weighted by atomic mass is 10.3. The number of nitrogens with one attached hydrogen (secondary N) is 1. The van der Waals surface area contributed by atoms with E-state index in [1.54, 1.807) is 31.2 Å². The van der Waals surface area contributed by atoms with E-state index in [0.29, 0.717) is 15.9 Å². The van der Waals surface area contributed by atoms with E-state index < -0.39 is 6.10 Å². The molecule has 18 heavy (non-hydrogen) atoms. The van der Waals surface area contributed by atoms with Gasteiger partial charge in [0, 0.05) is 10.8 Å². The monoisotopic (exact) mass is 284 g/mol. The Kier molecular flexibility index (Phi) is 4.49. The first-order valence-corrected chi connectivity index (χ1v) is 6.92. The molecule has 6 heteroatoms. The second-order valence-electron chi connectivity index (χ2n) is 3.74. The Hall–Kier alpha value is -1.20. The van der Waals surface area contributed by atoms with Crippen molar-refractivity contribution in [2.24, 2.45) is 4.99 Å². The molecular weight excluding hydrogens is 272 g/mol. The highest BCUT2D eigenvalue weighted by Crippen LogP contribution is 2.18. The molecule has 0 fully saturated rings. The number of amidine groups is 1. The van der Waals surface area contributed by atoms with Crippen LogP contribution in [0.15, 0.2) is 29.3 Å². The fourth-order valence-corrected chi connectivity index (χ4v) is 2.33. The van der Waals surface area contributed by atoms with Crippen LogP contribution in [0.25, 0.3) is 0 Å². The number of aliphatic imine (C=N–C) groups is 1. The number of amides is 1. The second-order valence-corrected chi connectivity index (χ2v) is 5.26. The van der Waals surface area contributed by atoms with Crippen molar-refractivity contribution < 1.29 is 9.53 Å². The number of thioether (sulfide) groups is 1. The third-order valence-electron chi connectivity index (χ3n) is 2.29. The maximum absolute atomic E-state index is 11.8. The quantitative estimate of drug-likeness (QED) is 0.927. The molecule has 1 aromatic carbocycles. The van der Waals surface area contributed by atoms with Crippen LogP contribution in [0.2, 0.25) is 5.02 Å². The molecule has 1 amide bonds. The number of benzene rings is 1. The molecule has 0 bridgehead atoms. The zero-order valence-electron chi connectivity index (χ0n) is 9.85. The van der Waals surface area contributed by atoms with Crippen molar-refractivity contribution in [2.75, 3.05) is 12.3 Å². The van der Waals surface area contributed by atoms with Gasteiger partial charge in [-0.15, -0.1) is 0 Å². The fourth-order valence-electron chi connectivity index (χ4n) is 1.42. The van der Waals surface area contributed by atoms with Gasteiger partial charge in [0.05, 0.1) is 6.54 Å². The first-order valence-electron chi connectivity index (χ1n) is 5.55. The van der Waals surface area contributed by atoms with Gasteiger partial charge in [0.1, 0.15) is 5.75 Å². The molecule has 0 spiro atoms. The van der Waals surface area contributed by atoms with Gasteiger partial charge in [-0.3, -0.25) is 9.79 Å². The second kappa shape index (κ2) is 6.11. The van der Waals surface area contributed by atoms with Crippen LogP contribution in [0.1, 0.15) is 6.92 Å². The van der Waals surface area contributed by atoms with E-state index in [9.17, 15) is 4.79 Å². The summed E-state index contributed by atoms with van der Waals surface area (Å²) in [5.74, 6) is 1.29. The first-order chi connectivity index (χ1) is 8.65. The molecular formula is C12H13ClN2O2S. The lowest BCUT2D eigenvalue weighted by Crippen LogP contribution is -2.38. The summed E-state index contributed by atoms with van der Waals surface area (Å²) in [6.07, 6.45) is -0.590. The fraction of sp³-hybridized carbons (Fsp3) is 0.333. The molecule has 0 saturated carbocycles. The highest BCUT2D eigenvalue weighted by atomic mass is 35.5. The van der Waals surface area contributed by atoms with Crippen LogP contribution in [-0.2, 0) is 4.79 Å². The Morgan fingerprint density at radius 3 is 3.11 bits per heavy atom. The Morgan fingerprint density at radius 1 is 1.61 bits per heavy atom. The van der Waals surface area contributed by atoms with Crippen molar-refractivity contribution in [1.29, 1.82) is 0 Å². The lowest BCUT2D eigenvalue weighted by molar-refractivity contribution is -0.125. The van der Waals surface area contributed by atoms with E-state index in [0.717, 1.165) is 12.3 Å². The van der Waals surface area contributed by atoms with Crippen LogP contribution in [0.3, 0.4) is 0 Å². The molecule has 1 aromatic rings. The predicted molar refractivity (Wildman–Crippen MR) is 74.4 cm³/mol. The van der Waals surface area contributed by atoms with E-state index in [4.69, 9.17) is 16.3 Å². The molecule has 0 saturated heterocycles. The Labute approximate surface area is 115 Å². The minimum atomic E-state index is -0.590. The zero-order chi connectivity index (χ0) is 13.0. The van der Waals surface area contributed by atoms with Crippen LogP contribution in [0.5, 0.6) is 5.75 Å². The van der Waals surface area contributed by atoms with Crippen molar-refractivity contribution in [3.63, 3.8) is 0 Å². The average molecular weight is 285 g/mol. The summed E-state index contributed by atoms with van der Waals surface area (Å²) in [6.45, 7) is 2.44. The topological polar surface area (TPSA) is 50.7 Å². The third kappa shape index (κ3) is 3.65. The summed E-state index contributed by atoms with van der Waals surface area (Å²) in [5.41, 5.74) is 0. The van der Waals surface area contributed by atoms with Crippen molar-refractivity contribution in [2.45, 2.75) is 13.0 Å². The summed E-state index contributed by atoms with van der Waals surface area (Å²) in [7, 11) is 0. The SMILES string of the molecule is C[C@@H](Oc1cccc(Cl)c1)C(=O)NC1=NCCS1. The number of halogens is 1. The molecule has 0 aromatic heterocycles. The van der Waals surface area contributed by atoms with Gasteiger partial charge in [-0.25, -0.2) is 0 Å². The van der Waals surface area contributed by atoms with Crippen molar-refractivity contribution in [3.05, 3.63) is 29.3 Å². The molecule has 0 unspecified atom stereocenters. The van der Waals surface area contributed by atoms with Crippen molar-refractivity contribution in [1.82, 2.24) is 5.32 Å². The molecule has 1 aliphatic heterocycles. The summed E-state index contributed by atoms with van der Waals surface area (Å²) in [6, 6.07) is 6.97. The normalized spacial score (nSPS) is 16.0. The van der Waals surface area contributed by atoms with E-state index in [1.807, 2.05) is 0 Å². The van der Waals surface area contributed by atoms with E-state index in [1.165, 1.54) is 11.8 Å². The number of carbonyl (C=O) groups is 1. The number of rotatable bonds is 3. The minimum Gasteiger partial charge on any atom is -0.481 e. The molecule has 1 aliphatic rings. The van der Waals surface area contributed by atoms with Crippen molar-refractivity contribution >= 4 is 34.4 Å². The van der Waals surface area contributed by atoms with Crippen LogP contribution in [0.4, 0.5) is 0 Å². The number of hydrogen-bond acceptors (Lipinski definition) is 4. The average Bonchev–Trinajstić information content (AvgIpc) is 2.81. The largest absolute Gasteiger partial charge is 0.481 e. The van der Waals surface area contributed by atoms with Crippen molar-refractivity contribution in [3.8, 4) is 5.75 Å². The first kappa shape index (κ1) is 13.2. The highest BCUT2D eigenvalue weighted by molar-refractivity contribution is 8.14. The van der Waals surface area contributed by atoms with Gasteiger partial charge in [-0.2, -0.15) is 0 Å². The smallest absolute Gasteiger partial charge is 0.266 e. The molecule has 4 nitrogen and oxygen atoms in total. The van der Waals surface area contributed by atoms with E-state index in [-0.39, 0.29) is 5.91 Å². The molecule has 1 atom stereocenters. The van der Waals surface area contributed by atoms with Crippen LogP contribution in [-0.4, -0.2) is 29.5 Å². The van der Waals surface area contributed by atoms with Gasteiger partial charge in [0.15, 0.2) is 11.3 Å². The van der Waals surface area contributed by atoms with E-state index in [2.05, 4.69) is 10.3 Å². The van der Waals surface area contributed by atoms with Gasteiger partial charge in [0.25, 0.3) is 5.91 Å². The maximum atomic E-state index is 11.8. The minimum absolute atomic E-state index is 0.205. The standard InChI is InChI=1S/C12H13ClN2O2S/c1-8(11(16)15-12-14-5-6-18-12)17-10-4-2-3-9(13)7-10/h2-4,7-8H,5-6H2,1H3,(H,14,15,16)/t8-/m1/s1. The summed E-state index contributed by atoms with van der Waals surface area (Å²) in [5, 5.41) is 3.98. The molecule has 0 radical (unpaired) electrons. The zero-order valence-corrected chi connectivity index (χ0v) is 11.4. The molecule has 0 aliphatic carbocycles. The van der Waals surface area contributed by atoms with Gasteiger partial charge in [-0.05, 0) is 25.1 Å². The predicted octanol–water partition coefficient (Wildman–Crippen LogP) is 2.33. The van der Waals surface area contributed by atoms with E-state index >= 15 is 0 Å². The Bertz CT molecular complexity index is 479. The number of carbonyl (C=O) groups excluding carboxylic acids is 1. The molecule has 2 rings (SSSR count). The van der Waals surface area contributed by atoms with Gasteiger partial charge >= 0.3 is 0 Å². The third-order valence-corrected chi connectivity index (χ3v) is 3.42. The summed E-state index contributed by atoms with van der Waals surface area (Å²) in [4.78, 5) is 16.0. The maximum Gasteiger partial charge on any atom is 0.266 e. The Balaban J connectivity index is 1.90. The number of hydrogen-bond donors (Lipinski definition) is 1. The Morgan fingerprint density at radius 2 is 2.44 bits per heavy atom. The summed E-state index contributed by atoms with van der Waals surface area (Å²) < 4.78 is 5.51. The number of ether oxygens (including phenoxy) is 1. The van der Waals surface area contributed by atoms with Crippen LogP contribution in [0, 0.1) is 0 Å². The molecule has 96 valence electrons.